The molecule has 1 heterocycles. The molecule has 2 aromatic rings. The Balaban J connectivity index is 0.000000709. The van der Waals surface area contributed by atoms with Crippen molar-refractivity contribution in [3.63, 3.8) is 0 Å². The molecular weight excluding hydrogens is 425 g/mol. The van der Waals surface area contributed by atoms with Crippen LogP contribution in [0.4, 0.5) is 13.2 Å². The third kappa shape index (κ3) is 14.0. The number of hydrogen-bond donors (Lipinski definition) is 0. The number of benzene rings is 1. The van der Waals surface area contributed by atoms with Crippen molar-refractivity contribution in [2.45, 2.75) is 113 Å². The maximum absolute atomic E-state index is 12.1. The van der Waals surface area contributed by atoms with Crippen LogP contribution in [-0.2, 0) is 0 Å². The molecule has 0 spiro atoms. The van der Waals surface area contributed by atoms with E-state index in [1.54, 1.807) is 16.8 Å². The standard InChI is InChI=1S/C15H17F3N2O.C8H18.C4H10/c1-4-10(2)14-9-11(3)19-20(14)12-5-7-13(8-6-12)21-15(16,17)18;1-4-5-6-7-8(2)3;1-3-4-2/h5-10H,4H2,1-3H3;8H,4-7H2,1-3H3;3-4H2,1-2H3. The van der Waals surface area contributed by atoms with Gasteiger partial charge < -0.3 is 4.74 Å². The van der Waals surface area contributed by atoms with Crippen LogP contribution in [0.15, 0.2) is 30.3 Å². The summed E-state index contributed by atoms with van der Waals surface area (Å²) in [5, 5.41) is 4.41. The molecule has 0 saturated heterocycles. The summed E-state index contributed by atoms with van der Waals surface area (Å²) in [4.78, 5) is 0. The van der Waals surface area contributed by atoms with E-state index in [4.69, 9.17) is 0 Å². The number of halogens is 3. The Bertz CT molecular complexity index is 735. The summed E-state index contributed by atoms with van der Waals surface area (Å²) in [6, 6.07) is 7.72. The Labute approximate surface area is 199 Å². The monoisotopic (exact) mass is 470 g/mol. The third-order valence-corrected chi connectivity index (χ3v) is 5.18. The van der Waals surface area contributed by atoms with E-state index in [0.717, 1.165) is 23.7 Å². The van der Waals surface area contributed by atoms with Gasteiger partial charge in [0.25, 0.3) is 0 Å². The largest absolute Gasteiger partial charge is 0.573 e. The molecule has 0 amide bonds. The van der Waals surface area contributed by atoms with E-state index in [9.17, 15) is 13.2 Å². The highest BCUT2D eigenvalue weighted by Gasteiger charge is 2.31. The molecule has 1 aromatic heterocycles. The molecule has 1 unspecified atom stereocenters. The Morgan fingerprint density at radius 3 is 1.91 bits per heavy atom. The molecule has 0 N–H and O–H groups in total. The first-order valence-electron chi connectivity index (χ1n) is 12.4. The summed E-state index contributed by atoms with van der Waals surface area (Å²) < 4.78 is 42.1. The van der Waals surface area contributed by atoms with E-state index in [2.05, 4.69) is 58.3 Å². The van der Waals surface area contributed by atoms with E-state index in [1.165, 1.54) is 50.7 Å². The van der Waals surface area contributed by atoms with Gasteiger partial charge in [-0.25, -0.2) is 4.68 Å². The summed E-state index contributed by atoms with van der Waals surface area (Å²) in [6.07, 6.45) is 4.53. The van der Waals surface area contributed by atoms with Crippen LogP contribution < -0.4 is 4.74 Å². The van der Waals surface area contributed by atoms with Crippen LogP contribution >= 0.6 is 0 Å². The molecule has 3 nitrogen and oxygen atoms in total. The van der Waals surface area contributed by atoms with Gasteiger partial charge in [-0.2, -0.15) is 5.10 Å². The van der Waals surface area contributed by atoms with Crippen LogP contribution in [0.3, 0.4) is 0 Å². The summed E-state index contributed by atoms with van der Waals surface area (Å²) in [6.45, 7) is 17.3. The van der Waals surface area contributed by atoms with Gasteiger partial charge in [0.1, 0.15) is 5.75 Å². The number of alkyl halides is 3. The van der Waals surface area contributed by atoms with Crippen LogP contribution in [0.25, 0.3) is 5.69 Å². The minimum Gasteiger partial charge on any atom is -0.406 e. The van der Waals surface area contributed by atoms with Crippen LogP contribution in [-0.4, -0.2) is 16.1 Å². The molecule has 0 aliphatic carbocycles. The molecule has 190 valence electrons. The van der Waals surface area contributed by atoms with Crippen LogP contribution in [0.2, 0.25) is 0 Å². The zero-order chi connectivity index (χ0) is 25.4. The number of aromatic nitrogens is 2. The number of nitrogens with zero attached hydrogens (tertiary/aromatic N) is 2. The van der Waals surface area contributed by atoms with E-state index >= 15 is 0 Å². The fraction of sp³-hybridized carbons (Fsp3) is 0.667. The second-order valence-electron chi connectivity index (χ2n) is 8.86. The number of ether oxygens (including phenoxy) is 1. The highest BCUT2D eigenvalue weighted by molar-refractivity contribution is 5.39. The maximum Gasteiger partial charge on any atom is 0.573 e. The van der Waals surface area contributed by atoms with Crippen molar-refractivity contribution < 1.29 is 17.9 Å². The summed E-state index contributed by atoms with van der Waals surface area (Å²) >= 11 is 0. The molecule has 33 heavy (non-hydrogen) atoms. The van der Waals surface area contributed by atoms with Gasteiger partial charge in [0.05, 0.1) is 11.4 Å². The van der Waals surface area contributed by atoms with Gasteiger partial charge in [0, 0.05) is 5.69 Å². The zero-order valence-corrected chi connectivity index (χ0v) is 21.9. The topological polar surface area (TPSA) is 27.1 Å². The van der Waals surface area contributed by atoms with Crippen molar-refractivity contribution in [3.8, 4) is 11.4 Å². The maximum atomic E-state index is 12.1. The quantitative estimate of drug-likeness (QED) is 0.341. The molecule has 0 bridgehead atoms. The van der Waals surface area contributed by atoms with Gasteiger partial charge in [0.2, 0.25) is 0 Å². The second-order valence-corrected chi connectivity index (χ2v) is 8.86. The third-order valence-electron chi connectivity index (χ3n) is 5.18. The van der Waals surface area contributed by atoms with E-state index in [1.807, 2.05) is 13.0 Å². The summed E-state index contributed by atoms with van der Waals surface area (Å²) in [5.74, 6) is 0.985. The minimum absolute atomic E-state index is 0.236. The second kappa shape index (κ2) is 16.6. The molecule has 1 aromatic carbocycles. The van der Waals surface area contributed by atoms with Crippen molar-refractivity contribution >= 4 is 0 Å². The smallest absolute Gasteiger partial charge is 0.406 e. The van der Waals surface area contributed by atoms with Gasteiger partial charge in [-0.15, -0.1) is 13.2 Å². The number of hydrogen-bond acceptors (Lipinski definition) is 2. The first kappa shape index (κ1) is 31.0. The lowest BCUT2D eigenvalue weighted by Gasteiger charge is -2.13. The van der Waals surface area contributed by atoms with Gasteiger partial charge in [-0.05, 0) is 55.5 Å². The lowest BCUT2D eigenvalue weighted by Crippen LogP contribution is -2.17. The SMILES string of the molecule is CCC(C)c1cc(C)nn1-c1ccc(OC(F)(F)F)cc1.CCCC.CCCCCC(C)C. The lowest BCUT2D eigenvalue weighted by atomic mass is 10.0. The van der Waals surface area contributed by atoms with Crippen molar-refractivity contribution in [2.75, 3.05) is 0 Å². The van der Waals surface area contributed by atoms with Gasteiger partial charge >= 0.3 is 6.36 Å². The van der Waals surface area contributed by atoms with Crippen molar-refractivity contribution in [1.29, 1.82) is 0 Å². The van der Waals surface area contributed by atoms with Gasteiger partial charge in [-0.3, -0.25) is 0 Å². The predicted octanol–water partition coefficient (Wildman–Crippen LogP) is 9.62. The minimum atomic E-state index is -4.67. The molecule has 0 fully saturated rings. The molecule has 0 radical (unpaired) electrons. The number of unbranched alkanes of at least 4 members (excludes halogenated alkanes) is 3. The van der Waals surface area contributed by atoms with Crippen LogP contribution in [0.5, 0.6) is 5.75 Å². The van der Waals surface area contributed by atoms with Gasteiger partial charge in [-0.1, -0.05) is 87.0 Å². The van der Waals surface area contributed by atoms with E-state index in [-0.39, 0.29) is 5.75 Å². The number of rotatable bonds is 9. The molecule has 1 atom stereocenters. The average Bonchev–Trinajstić information content (AvgIpc) is 3.15. The molecule has 6 heteroatoms. The zero-order valence-electron chi connectivity index (χ0n) is 21.9. The van der Waals surface area contributed by atoms with E-state index in [0.29, 0.717) is 11.6 Å². The normalized spacial score (nSPS) is 11.9. The first-order valence-corrected chi connectivity index (χ1v) is 12.4. The van der Waals surface area contributed by atoms with Crippen LogP contribution in [0, 0.1) is 12.8 Å². The molecule has 0 aliphatic heterocycles. The number of aryl methyl sites for hydroxylation is 1. The fourth-order valence-electron chi connectivity index (χ4n) is 2.88. The Morgan fingerprint density at radius 2 is 1.48 bits per heavy atom. The fourth-order valence-corrected chi connectivity index (χ4v) is 2.88. The lowest BCUT2D eigenvalue weighted by molar-refractivity contribution is -0.274. The Hall–Kier alpha value is -1.98. The average molecular weight is 471 g/mol. The summed E-state index contributed by atoms with van der Waals surface area (Å²) in [7, 11) is 0. The first-order chi connectivity index (χ1) is 15.5. The highest BCUT2D eigenvalue weighted by Crippen LogP contribution is 2.26. The van der Waals surface area contributed by atoms with Crippen molar-refractivity contribution in [3.05, 3.63) is 41.7 Å². The molecule has 0 aliphatic rings. The van der Waals surface area contributed by atoms with Gasteiger partial charge in [0.15, 0.2) is 0 Å². The van der Waals surface area contributed by atoms with Crippen molar-refractivity contribution in [2.24, 2.45) is 5.92 Å². The molecule has 2 rings (SSSR count). The molecular formula is C27H45F3N2O. The molecule has 0 saturated carbocycles. The van der Waals surface area contributed by atoms with E-state index < -0.39 is 6.36 Å². The van der Waals surface area contributed by atoms with Crippen molar-refractivity contribution in [1.82, 2.24) is 9.78 Å². The summed E-state index contributed by atoms with van der Waals surface area (Å²) in [5.41, 5.74) is 2.63. The highest BCUT2D eigenvalue weighted by atomic mass is 19.4. The van der Waals surface area contributed by atoms with Crippen LogP contribution in [0.1, 0.15) is 111 Å². The Kier molecular flexibility index (Phi) is 15.6. The Morgan fingerprint density at radius 1 is 0.909 bits per heavy atom. The predicted molar refractivity (Wildman–Crippen MR) is 133 cm³/mol.